The van der Waals surface area contributed by atoms with Gasteiger partial charge in [-0.2, -0.15) is 0 Å². The number of hydrogen-bond acceptors (Lipinski definition) is 6. The SMILES string of the molecule is COc1ccc2c(c1)CCOC21CCN(C(=O)c2c3c(nc4onc(C)c24)CCC3)CC1. The second kappa shape index (κ2) is 7.30. The zero-order chi connectivity index (χ0) is 21.9. The molecule has 0 radical (unpaired) electrons. The zero-order valence-corrected chi connectivity index (χ0v) is 18.6. The van der Waals surface area contributed by atoms with Crippen molar-refractivity contribution in [2.75, 3.05) is 26.8 Å². The number of aromatic nitrogens is 2. The number of nitrogens with zero attached hydrogens (tertiary/aromatic N) is 3. The third-order valence-corrected chi connectivity index (χ3v) is 7.45. The maximum atomic E-state index is 13.8. The molecular weight excluding hydrogens is 406 g/mol. The summed E-state index contributed by atoms with van der Waals surface area (Å²) in [6.07, 6.45) is 5.28. The molecule has 2 aromatic heterocycles. The van der Waals surface area contributed by atoms with Gasteiger partial charge in [-0.1, -0.05) is 11.2 Å². The van der Waals surface area contributed by atoms with Crippen molar-refractivity contribution in [2.24, 2.45) is 0 Å². The number of hydrogen-bond donors (Lipinski definition) is 0. The third kappa shape index (κ3) is 2.87. The van der Waals surface area contributed by atoms with E-state index in [1.54, 1.807) is 7.11 Å². The molecule has 1 aliphatic carbocycles. The van der Waals surface area contributed by atoms with E-state index >= 15 is 0 Å². The normalized spacial score (nSPS) is 19.2. The molecule has 7 heteroatoms. The number of amides is 1. The van der Waals surface area contributed by atoms with Gasteiger partial charge in [-0.25, -0.2) is 4.98 Å². The first-order chi connectivity index (χ1) is 15.6. The van der Waals surface area contributed by atoms with Crippen molar-refractivity contribution in [3.63, 3.8) is 0 Å². The van der Waals surface area contributed by atoms with E-state index in [1.807, 2.05) is 17.9 Å². The summed E-state index contributed by atoms with van der Waals surface area (Å²) in [4.78, 5) is 20.4. The van der Waals surface area contributed by atoms with Crippen LogP contribution in [0.1, 0.15) is 57.7 Å². The van der Waals surface area contributed by atoms with E-state index in [9.17, 15) is 4.79 Å². The Morgan fingerprint density at radius 2 is 2.03 bits per heavy atom. The number of piperidine rings is 1. The summed E-state index contributed by atoms with van der Waals surface area (Å²) in [5.41, 5.74) is 6.27. The number of rotatable bonds is 2. The lowest BCUT2D eigenvalue weighted by molar-refractivity contribution is -0.0935. The van der Waals surface area contributed by atoms with Gasteiger partial charge in [0.05, 0.1) is 36.0 Å². The fourth-order valence-electron chi connectivity index (χ4n) is 5.78. The van der Waals surface area contributed by atoms with Gasteiger partial charge < -0.3 is 18.9 Å². The highest BCUT2D eigenvalue weighted by Crippen LogP contribution is 2.43. The fraction of sp³-hybridized carbons (Fsp3) is 0.480. The van der Waals surface area contributed by atoms with Crippen molar-refractivity contribution < 1.29 is 18.8 Å². The van der Waals surface area contributed by atoms with E-state index in [-0.39, 0.29) is 11.5 Å². The number of carbonyl (C=O) groups is 1. The van der Waals surface area contributed by atoms with Gasteiger partial charge >= 0.3 is 0 Å². The smallest absolute Gasteiger partial charge is 0.259 e. The summed E-state index contributed by atoms with van der Waals surface area (Å²) < 4.78 is 17.2. The molecule has 0 saturated carbocycles. The number of methoxy groups -OCH3 is 1. The summed E-state index contributed by atoms with van der Waals surface area (Å²) in [7, 11) is 1.70. The Kier molecular flexibility index (Phi) is 4.50. The second-order valence-electron chi connectivity index (χ2n) is 9.12. The predicted molar refractivity (Wildman–Crippen MR) is 118 cm³/mol. The molecule has 2 aliphatic heterocycles. The minimum Gasteiger partial charge on any atom is -0.497 e. The van der Waals surface area contributed by atoms with Gasteiger partial charge in [-0.05, 0) is 74.3 Å². The van der Waals surface area contributed by atoms with Crippen molar-refractivity contribution in [1.29, 1.82) is 0 Å². The molecule has 0 unspecified atom stereocenters. The van der Waals surface area contributed by atoms with Gasteiger partial charge in [-0.3, -0.25) is 4.79 Å². The quantitative estimate of drug-likeness (QED) is 0.613. The highest BCUT2D eigenvalue weighted by atomic mass is 16.5. The lowest BCUT2D eigenvalue weighted by atomic mass is 9.79. The molecule has 4 heterocycles. The Hall–Kier alpha value is -2.93. The Bertz CT molecular complexity index is 1220. The molecule has 3 aliphatic rings. The molecule has 1 fully saturated rings. The van der Waals surface area contributed by atoms with Crippen LogP contribution in [0.3, 0.4) is 0 Å². The summed E-state index contributed by atoms with van der Waals surface area (Å²) in [5, 5.41) is 4.87. The van der Waals surface area contributed by atoms with Crippen LogP contribution in [0, 0.1) is 6.92 Å². The molecule has 32 heavy (non-hydrogen) atoms. The van der Waals surface area contributed by atoms with Crippen LogP contribution in [-0.2, 0) is 29.6 Å². The van der Waals surface area contributed by atoms with Crippen LogP contribution in [0.25, 0.3) is 11.1 Å². The lowest BCUT2D eigenvalue weighted by Gasteiger charge is -2.45. The van der Waals surface area contributed by atoms with Gasteiger partial charge in [0.25, 0.3) is 11.6 Å². The lowest BCUT2D eigenvalue weighted by Crippen LogP contribution is -2.48. The Morgan fingerprint density at radius 1 is 1.19 bits per heavy atom. The van der Waals surface area contributed by atoms with Crippen molar-refractivity contribution in [3.8, 4) is 5.75 Å². The van der Waals surface area contributed by atoms with E-state index in [2.05, 4.69) is 22.3 Å². The number of fused-ring (bicyclic) bond motifs is 4. The average Bonchev–Trinajstić information content (AvgIpc) is 3.44. The van der Waals surface area contributed by atoms with E-state index in [0.29, 0.717) is 25.4 Å². The monoisotopic (exact) mass is 433 g/mol. The van der Waals surface area contributed by atoms with E-state index in [4.69, 9.17) is 14.0 Å². The minimum absolute atomic E-state index is 0.0717. The highest BCUT2D eigenvalue weighted by Gasteiger charge is 2.42. The second-order valence-corrected chi connectivity index (χ2v) is 9.12. The molecule has 1 amide bonds. The standard InChI is InChI=1S/C25H27N3O4/c1-15-21-22(18-4-3-5-20(18)26-23(21)32-27-15)24(29)28-11-9-25(10-12-28)19-7-6-17(30-2)14-16(19)8-13-31-25/h6-7,14H,3-5,8-13H2,1-2H3. The molecular formula is C25H27N3O4. The maximum Gasteiger partial charge on any atom is 0.259 e. The summed E-state index contributed by atoms with van der Waals surface area (Å²) in [6.45, 7) is 3.91. The molecule has 3 aromatic rings. The van der Waals surface area contributed by atoms with Crippen LogP contribution in [0.5, 0.6) is 5.75 Å². The van der Waals surface area contributed by atoms with Gasteiger partial charge in [0, 0.05) is 18.8 Å². The first-order valence-corrected chi connectivity index (χ1v) is 11.5. The summed E-state index contributed by atoms with van der Waals surface area (Å²) >= 11 is 0. The zero-order valence-electron chi connectivity index (χ0n) is 18.6. The number of carbonyl (C=O) groups excluding carboxylic acids is 1. The van der Waals surface area contributed by atoms with Crippen molar-refractivity contribution in [3.05, 3.63) is 51.8 Å². The molecule has 1 aromatic carbocycles. The Labute approximate surface area is 186 Å². The first-order valence-electron chi connectivity index (χ1n) is 11.5. The maximum absolute atomic E-state index is 13.8. The number of likely N-dealkylation sites (tertiary alicyclic amines) is 1. The van der Waals surface area contributed by atoms with Gasteiger partial charge in [-0.15, -0.1) is 0 Å². The fourth-order valence-corrected chi connectivity index (χ4v) is 5.78. The number of pyridine rings is 1. The Balaban J connectivity index is 1.31. The van der Waals surface area contributed by atoms with Crippen molar-refractivity contribution in [2.45, 2.75) is 51.0 Å². The molecule has 0 bridgehead atoms. The largest absolute Gasteiger partial charge is 0.497 e. The van der Waals surface area contributed by atoms with Crippen LogP contribution in [-0.4, -0.2) is 47.8 Å². The van der Waals surface area contributed by atoms with Gasteiger partial charge in [0.2, 0.25) is 0 Å². The minimum atomic E-state index is -0.320. The molecule has 6 rings (SSSR count). The van der Waals surface area contributed by atoms with Crippen LogP contribution in [0.2, 0.25) is 0 Å². The highest BCUT2D eigenvalue weighted by molar-refractivity contribution is 6.07. The van der Waals surface area contributed by atoms with Crippen LogP contribution in [0.4, 0.5) is 0 Å². The molecule has 7 nitrogen and oxygen atoms in total. The Morgan fingerprint density at radius 3 is 2.84 bits per heavy atom. The predicted octanol–water partition coefficient (Wildman–Crippen LogP) is 3.73. The summed E-state index contributed by atoms with van der Waals surface area (Å²) in [5.74, 6) is 0.954. The van der Waals surface area contributed by atoms with Crippen molar-refractivity contribution >= 4 is 17.0 Å². The average molecular weight is 434 g/mol. The number of aryl methyl sites for hydroxylation is 2. The molecule has 0 N–H and O–H groups in total. The number of ether oxygens (including phenoxy) is 2. The molecule has 166 valence electrons. The van der Waals surface area contributed by atoms with E-state index in [0.717, 1.165) is 72.2 Å². The van der Waals surface area contributed by atoms with Gasteiger partial charge in [0.1, 0.15) is 5.75 Å². The van der Waals surface area contributed by atoms with Crippen LogP contribution < -0.4 is 4.74 Å². The molecule has 1 saturated heterocycles. The topological polar surface area (TPSA) is 77.7 Å². The van der Waals surface area contributed by atoms with Crippen molar-refractivity contribution in [1.82, 2.24) is 15.0 Å². The van der Waals surface area contributed by atoms with Crippen LogP contribution in [0.15, 0.2) is 22.7 Å². The molecule has 1 spiro atoms. The third-order valence-electron chi connectivity index (χ3n) is 7.45. The van der Waals surface area contributed by atoms with E-state index in [1.165, 1.54) is 11.1 Å². The molecule has 0 atom stereocenters. The number of benzene rings is 1. The first kappa shape index (κ1) is 19.7. The van der Waals surface area contributed by atoms with Crippen LogP contribution >= 0.6 is 0 Å². The van der Waals surface area contributed by atoms with E-state index < -0.39 is 0 Å². The summed E-state index contributed by atoms with van der Waals surface area (Å²) in [6, 6.07) is 6.28. The van der Waals surface area contributed by atoms with Gasteiger partial charge in [0.15, 0.2) is 0 Å².